The normalized spacial score (nSPS) is 12.3. The second-order valence-corrected chi connectivity index (χ2v) is 5.54. The molecule has 0 atom stereocenters. The number of rotatable bonds is 0. The van der Waals surface area contributed by atoms with Crippen LogP contribution in [0.25, 0.3) is 32.7 Å². The number of halogens is 1. The molecule has 18 heavy (non-hydrogen) atoms. The zero-order valence-corrected chi connectivity index (χ0v) is 11.1. The Hall–Kier alpha value is -1.74. The minimum absolute atomic E-state index is 0.0283. The molecule has 2 aliphatic carbocycles. The van der Waals surface area contributed by atoms with Gasteiger partial charge in [0.25, 0.3) is 0 Å². The quantitative estimate of drug-likeness (QED) is 0.499. The van der Waals surface area contributed by atoms with Crippen LogP contribution in [0.15, 0.2) is 38.3 Å². The predicted molar refractivity (Wildman–Crippen MR) is 76.6 cm³/mol. The summed E-state index contributed by atoms with van der Waals surface area (Å²) in [4.78, 5) is 24.7. The highest BCUT2D eigenvalue weighted by atomic mass is 79.9. The van der Waals surface area contributed by atoms with Crippen molar-refractivity contribution in [2.75, 3.05) is 0 Å². The van der Waals surface area contributed by atoms with Crippen LogP contribution < -0.4 is 10.9 Å². The average molecular weight is 299 g/mol. The second kappa shape index (κ2) is 2.98. The maximum atomic E-state index is 12.5. The number of benzene rings is 2. The molecule has 86 valence electrons. The molecule has 0 N–H and O–H groups in total. The molecule has 0 saturated heterocycles. The van der Waals surface area contributed by atoms with E-state index in [-0.39, 0.29) is 10.9 Å². The maximum absolute atomic E-state index is 12.5. The molecule has 0 radical (unpaired) electrons. The van der Waals surface area contributed by atoms with E-state index >= 15 is 0 Å². The summed E-state index contributed by atoms with van der Waals surface area (Å²) in [6.45, 7) is 1.91. The van der Waals surface area contributed by atoms with Gasteiger partial charge in [0.15, 0.2) is 10.9 Å². The molecule has 4 rings (SSSR count). The maximum Gasteiger partial charge on any atom is 0.195 e. The first-order valence-corrected chi connectivity index (χ1v) is 6.46. The van der Waals surface area contributed by atoms with E-state index in [1.807, 2.05) is 19.1 Å². The Kier molecular flexibility index (Phi) is 1.69. The Bertz CT molecular complexity index is 899. The van der Waals surface area contributed by atoms with Gasteiger partial charge in [-0.15, -0.1) is 0 Å². The summed E-state index contributed by atoms with van der Waals surface area (Å²) in [7, 11) is 0. The van der Waals surface area contributed by atoms with Crippen molar-refractivity contribution in [1.29, 1.82) is 0 Å². The number of hydrogen-bond acceptors (Lipinski definition) is 2. The van der Waals surface area contributed by atoms with E-state index < -0.39 is 0 Å². The SMILES string of the molecule is Cc1ccc2c3c1c(=O)c1c(Br)ccc(c1-3)c2=O. The zero-order chi connectivity index (χ0) is 12.6. The highest BCUT2D eigenvalue weighted by Gasteiger charge is 2.27. The first-order chi connectivity index (χ1) is 8.61. The third-order valence-corrected chi connectivity index (χ3v) is 4.42. The number of hydrogen-bond donors (Lipinski definition) is 0. The molecule has 2 aromatic rings. The summed E-state index contributed by atoms with van der Waals surface area (Å²) in [5, 5.41) is 2.65. The van der Waals surface area contributed by atoms with Gasteiger partial charge in [0.1, 0.15) is 0 Å². The smallest absolute Gasteiger partial charge is 0.195 e. The van der Waals surface area contributed by atoms with Gasteiger partial charge in [-0.25, -0.2) is 0 Å². The largest absolute Gasteiger partial charge is 0.289 e. The van der Waals surface area contributed by atoms with Crippen molar-refractivity contribution in [2.45, 2.75) is 6.92 Å². The minimum atomic E-state index is 0.0283. The van der Waals surface area contributed by atoms with Gasteiger partial charge >= 0.3 is 0 Å². The third kappa shape index (κ3) is 0.918. The molecule has 0 aliphatic heterocycles. The lowest BCUT2D eigenvalue weighted by Gasteiger charge is -1.99. The summed E-state index contributed by atoms with van der Waals surface area (Å²) >= 11 is 3.42. The van der Waals surface area contributed by atoms with Gasteiger partial charge in [0, 0.05) is 37.1 Å². The molecule has 0 saturated carbocycles. The van der Waals surface area contributed by atoms with Crippen LogP contribution in [0.1, 0.15) is 5.56 Å². The molecule has 2 nitrogen and oxygen atoms in total. The summed E-state index contributed by atoms with van der Waals surface area (Å²) < 4.78 is 0.766. The first-order valence-electron chi connectivity index (χ1n) is 5.67. The minimum Gasteiger partial charge on any atom is -0.289 e. The molecule has 2 aliphatic rings. The zero-order valence-electron chi connectivity index (χ0n) is 9.50. The second-order valence-electron chi connectivity index (χ2n) is 4.68. The summed E-state index contributed by atoms with van der Waals surface area (Å²) in [5.41, 5.74) is 2.66. The average Bonchev–Trinajstić information content (AvgIpc) is 2.79. The fraction of sp³-hybridized carbons (Fsp3) is 0.0667. The van der Waals surface area contributed by atoms with E-state index in [0.29, 0.717) is 21.5 Å². The lowest BCUT2D eigenvalue weighted by Crippen LogP contribution is -2.01. The molecule has 0 spiro atoms. The first kappa shape index (κ1) is 10.2. The Balaban J connectivity index is 2.57. The van der Waals surface area contributed by atoms with Crippen LogP contribution in [0.3, 0.4) is 0 Å². The van der Waals surface area contributed by atoms with Crippen LogP contribution in [0.5, 0.6) is 0 Å². The van der Waals surface area contributed by atoms with E-state index in [1.165, 1.54) is 0 Å². The van der Waals surface area contributed by atoms with Crippen LogP contribution in [0.4, 0.5) is 0 Å². The van der Waals surface area contributed by atoms with E-state index in [0.717, 1.165) is 21.2 Å². The van der Waals surface area contributed by atoms with Crippen molar-refractivity contribution in [3.05, 3.63) is 54.7 Å². The van der Waals surface area contributed by atoms with Gasteiger partial charge in [0.2, 0.25) is 0 Å². The van der Waals surface area contributed by atoms with Crippen LogP contribution >= 0.6 is 15.9 Å². The highest BCUT2D eigenvalue weighted by molar-refractivity contribution is 9.10. The van der Waals surface area contributed by atoms with Crippen molar-refractivity contribution >= 4 is 37.5 Å². The molecule has 3 heteroatoms. The van der Waals surface area contributed by atoms with Crippen molar-refractivity contribution in [1.82, 2.24) is 0 Å². The Morgan fingerprint density at radius 2 is 1.44 bits per heavy atom. The predicted octanol–water partition coefficient (Wildman–Crippen LogP) is 3.20. The highest BCUT2D eigenvalue weighted by Crippen LogP contribution is 2.42. The van der Waals surface area contributed by atoms with Gasteiger partial charge in [-0.05, 0) is 24.6 Å². The van der Waals surface area contributed by atoms with Gasteiger partial charge < -0.3 is 0 Å². The van der Waals surface area contributed by atoms with Crippen molar-refractivity contribution in [3.8, 4) is 11.1 Å². The molecule has 0 fully saturated rings. The molecule has 0 heterocycles. The summed E-state index contributed by atoms with van der Waals surface area (Å²) in [5.74, 6) is 0. The summed E-state index contributed by atoms with van der Waals surface area (Å²) in [6, 6.07) is 7.26. The fourth-order valence-electron chi connectivity index (χ4n) is 2.97. The summed E-state index contributed by atoms with van der Waals surface area (Å²) in [6.07, 6.45) is 0. The fourth-order valence-corrected chi connectivity index (χ4v) is 3.48. The van der Waals surface area contributed by atoms with Gasteiger partial charge in [-0.2, -0.15) is 0 Å². The third-order valence-electron chi connectivity index (χ3n) is 3.76. The van der Waals surface area contributed by atoms with Gasteiger partial charge in [0.05, 0.1) is 0 Å². The monoisotopic (exact) mass is 298 g/mol. The van der Waals surface area contributed by atoms with Crippen molar-refractivity contribution in [2.24, 2.45) is 0 Å². The topological polar surface area (TPSA) is 34.1 Å². The van der Waals surface area contributed by atoms with Crippen LogP contribution in [0, 0.1) is 6.92 Å². The van der Waals surface area contributed by atoms with Crippen molar-refractivity contribution < 1.29 is 0 Å². The van der Waals surface area contributed by atoms with Gasteiger partial charge in [-0.3, -0.25) is 9.59 Å². The molecular weight excluding hydrogens is 292 g/mol. The lowest BCUT2D eigenvalue weighted by atomic mass is 10.0. The van der Waals surface area contributed by atoms with E-state index in [4.69, 9.17) is 0 Å². The molecule has 0 unspecified atom stereocenters. The molecule has 0 bridgehead atoms. The molecule has 0 amide bonds. The Labute approximate surface area is 110 Å². The van der Waals surface area contributed by atoms with E-state index in [2.05, 4.69) is 15.9 Å². The van der Waals surface area contributed by atoms with Gasteiger partial charge in [-0.1, -0.05) is 28.1 Å². The Morgan fingerprint density at radius 3 is 2.17 bits per heavy atom. The van der Waals surface area contributed by atoms with Crippen LogP contribution in [-0.2, 0) is 0 Å². The Morgan fingerprint density at radius 1 is 0.833 bits per heavy atom. The molecular formula is C15H7BrO2. The van der Waals surface area contributed by atoms with Crippen molar-refractivity contribution in [3.63, 3.8) is 0 Å². The molecule has 2 aromatic carbocycles. The standard InChI is InChI=1S/C15H7BrO2/c1-6-2-3-7-11-10(6)15(18)13-9(16)5-4-8(12(11)13)14(7)17/h2-5H,1H3. The molecule has 0 aromatic heterocycles. The van der Waals surface area contributed by atoms with E-state index in [1.54, 1.807) is 12.1 Å². The number of aryl methyl sites for hydroxylation is 1. The van der Waals surface area contributed by atoms with Crippen LogP contribution in [-0.4, -0.2) is 0 Å². The lowest BCUT2D eigenvalue weighted by molar-refractivity contribution is 1.53. The van der Waals surface area contributed by atoms with Crippen LogP contribution in [0.2, 0.25) is 0 Å². The van der Waals surface area contributed by atoms with E-state index in [9.17, 15) is 9.59 Å².